The first-order valence-electron chi connectivity index (χ1n) is 7.99. The minimum absolute atomic E-state index is 0.285. The second-order valence-corrected chi connectivity index (χ2v) is 7.85. The highest BCUT2D eigenvalue weighted by Crippen LogP contribution is 2.27. The molecule has 2 aromatic rings. The Morgan fingerprint density at radius 2 is 1.88 bits per heavy atom. The lowest BCUT2D eigenvalue weighted by molar-refractivity contribution is -0.119. The van der Waals surface area contributed by atoms with Crippen molar-refractivity contribution in [1.29, 1.82) is 0 Å². The average Bonchev–Trinajstić information content (AvgIpc) is 2.99. The number of amides is 1. The number of sulfonamides is 1. The highest BCUT2D eigenvalue weighted by Gasteiger charge is 2.29. The van der Waals surface area contributed by atoms with Crippen molar-refractivity contribution in [3.8, 4) is 0 Å². The van der Waals surface area contributed by atoms with Crippen LogP contribution in [0.25, 0.3) is 0 Å². The molecule has 1 atom stereocenters. The van der Waals surface area contributed by atoms with Gasteiger partial charge in [-0.1, -0.05) is 30.3 Å². The lowest BCUT2D eigenvalue weighted by Crippen LogP contribution is -2.46. The van der Waals surface area contributed by atoms with Gasteiger partial charge in [-0.05, 0) is 42.7 Å². The second kappa shape index (κ2) is 6.93. The molecular weight excluding hydrogens is 343 g/mol. The van der Waals surface area contributed by atoms with E-state index in [1.165, 1.54) is 31.2 Å². The molecule has 1 aliphatic heterocycles. The van der Waals surface area contributed by atoms with Crippen LogP contribution in [-0.2, 0) is 27.0 Å². The van der Waals surface area contributed by atoms with Crippen LogP contribution in [0, 0.1) is 5.82 Å². The fraction of sp³-hybridized carbons (Fsp3) is 0.278. The molecule has 1 heterocycles. The monoisotopic (exact) mass is 362 g/mol. The van der Waals surface area contributed by atoms with Crippen molar-refractivity contribution < 1.29 is 17.6 Å². The summed E-state index contributed by atoms with van der Waals surface area (Å²) in [4.78, 5) is 14.2. The third-order valence-corrected chi connectivity index (χ3v) is 5.58. The van der Waals surface area contributed by atoms with Crippen molar-refractivity contribution in [2.75, 3.05) is 11.4 Å². The number of halogens is 1. The molecule has 25 heavy (non-hydrogen) atoms. The summed E-state index contributed by atoms with van der Waals surface area (Å²) in [6.45, 7) is 2.08. The van der Waals surface area contributed by atoms with Crippen LogP contribution in [0.2, 0.25) is 0 Å². The predicted octanol–water partition coefficient (Wildman–Crippen LogP) is 2.22. The lowest BCUT2D eigenvalue weighted by atomic mass is 10.2. The van der Waals surface area contributed by atoms with E-state index >= 15 is 0 Å². The molecule has 5 nitrogen and oxygen atoms in total. The number of anilines is 1. The van der Waals surface area contributed by atoms with Gasteiger partial charge in [-0.25, -0.2) is 17.5 Å². The normalized spacial score (nSPS) is 15.0. The SMILES string of the molecule is C[C@@H](NS(=O)(=O)Cc1ccc(F)cc1)C(=O)N1CCc2ccccc21. The van der Waals surface area contributed by atoms with Gasteiger partial charge >= 0.3 is 0 Å². The number of hydrogen-bond acceptors (Lipinski definition) is 3. The van der Waals surface area contributed by atoms with Crippen LogP contribution in [0.5, 0.6) is 0 Å². The van der Waals surface area contributed by atoms with Crippen LogP contribution in [0.1, 0.15) is 18.1 Å². The van der Waals surface area contributed by atoms with Gasteiger partial charge in [0.2, 0.25) is 15.9 Å². The Hall–Kier alpha value is -2.25. The van der Waals surface area contributed by atoms with E-state index in [4.69, 9.17) is 0 Å². The Bertz CT molecular complexity index is 881. The maximum atomic E-state index is 12.9. The number of fused-ring (bicyclic) bond motifs is 1. The lowest BCUT2D eigenvalue weighted by Gasteiger charge is -2.22. The molecule has 1 N–H and O–H groups in total. The predicted molar refractivity (Wildman–Crippen MR) is 94.1 cm³/mol. The number of nitrogens with one attached hydrogen (secondary N) is 1. The molecule has 0 unspecified atom stereocenters. The summed E-state index contributed by atoms with van der Waals surface area (Å²) in [7, 11) is -3.72. The molecule has 0 radical (unpaired) electrons. The molecule has 1 amide bonds. The molecule has 0 aliphatic carbocycles. The van der Waals surface area contributed by atoms with Crippen molar-refractivity contribution in [2.24, 2.45) is 0 Å². The standard InChI is InChI=1S/C18H19FN2O3S/c1-13(18(22)21-11-10-15-4-2-3-5-17(15)21)20-25(23,24)12-14-6-8-16(19)9-7-14/h2-9,13,20H,10-12H2,1H3/t13-/m1/s1. The summed E-state index contributed by atoms with van der Waals surface area (Å²) >= 11 is 0. The summed E-state index contributed by atoms with van der Waals surface area (Å²) in [5.74, 6) is -1.01. The Morgan fingerprint density at radius 1 is 1.20 bits per heavy atom. The molecule has 1 aliphatic rings. The zero-order chi connectivity index (χ0) is 18.0. The maximum Gasteiger partial charge on any atom is 0.244 e. The number of para-hydroxylation sites is 1. The Labute approximate surface area is 146 Å². The number of nitrogens with zero attached hydrogens (tertiary/aromatic N) is 1. The van der Waals surface area contributed by atoms with Crippen molar-refractivity contribution in [2.45, 2.75) is 25.1 Å². The van der Waals surface area contributed by atoms with E-state index < -0.39 is 21.9 Å². The van der Waals surface area contributed by atoms with E-state index in [0.717, 1.165) is 17.7 Å². The Balaban J connectivity index is 1.68. The first kappa shape index (κ1) is 17.6. The van der Waals surface area contributed by atoms with E-state index in [9.17, 15) is 17.6 Å². The third kappa shape index (κ3) is 4.05. The minimum Gasteiger partial charge on any atom is -0.310 e. The third-order valence-electron chi connectivity index (χ3n) is 4.15. The first-order chi connectivity index (χ1) is 11.9. The fourth-order valence-electron chi connectivity index (χ4n) is 2.96. The van der Waals surface area contributed by atoms with Crippen molar-refractivity contribution in [3.63, 3.8) is 0 Å². The molecule has 7 heteroatoms. The number of carbonyl (C=O) groups excluding carboxylic acids is 1. The molecule has 0 aromatic heterocycles. The largest absolute Gasteiger partial charge is 0.310 e. The van der Waals surface area contributed by atoms with Crippen LogP contribution in [0.4, 0.5) is 10.1 Å². The number of carbonyl (C=O) groups is 1. The quantitative estimate of drug-likeness (QED) is 0.887. The summed E-state index contributed by atoms with van der Waals surface area (Å²) in [5.41, 5.74) is 2.37. The molecule has 0 saturated carbocycles. The summed E-state index contributed by atoms with van der Waals surface area (Å²) in [6, 6.07) is 12.0. The van der Waals surface area contributed by atoms with Crippen LogP contribution in [0.3, 0.4) is 0 Å². The molecule has 3 rings (SSSR count). The molecule has 0 bridgehead atoms. The average molecular weight is 362 g/mol. The number of rotatable bonds is 5. The van der Waals surface area contributed by atoms with Crippen molar-refractivity contribution in [1.82, 2.24) is 4.72 Å². The van der Waals surface area contributed by atoms with E-state index in [2.05, 4.69) is 4.72 Å². The summed E-state index contributed by atoms with van der Waals surface area (Å²) < 4.78 is 39.9. The first-order valence-corrected chi connectivity index (χ1v) is 9.65. The zero-order valence-electron chi connectivity index (χ0n) is 13.8. The molecule has 0 saturated heterocycles. The number of hydrogen-bond donors (Lipinski definition) is 1. The van der Waals surface area contributed by atoms with Crippen molar-refractivity contribution >= 4 is 21.6 Å². The van der Waals surface area contributed by atoms with Gasteiger partial charge in [0.05, 0.1) is 11.8 Å². The molecule has 0 fully saturated rings. The topological polar surface area (TPSA) is 66.5 Å². The Morgan fingerprint density at radius 3 is 2.60 bits per heavy atom. The molecule has 2 aromatic carbocycles. The van der Waals surface area contributed by atoms with Gasteiger partial charge in [0.1, 0.15) is 5.82 Å². The van der Waals surface area contributed by atoms with E-state index in [1.807, 2.05) is 24.3 Å². The maximum absolute atomic E-state index is 12.9. The summed E-state index contributed by atoms with van der Waals surface area (Å²) in [5, 5.41) is 0. The second-order valence-electron chi connectivity index (χ2n) is 6.09. The molecule has 0 spiro atoms. The van der Waals surface area contributed by atoms with Crippen LogP contribution in [-0.4, -0.2) is 26.9 Å². The molecular formula is C18H19FN2O3S. The van der Waals surface area contributed by atoms with E-state index in [0.29, 0.717) is 12.1 Å². The highest BCUT2D eigenvalue weighted by atomic mass is 32.2. The van der Waals surface area contributed by atoms with Gasteiger partial charge in [-0.15, -0.1) is 0 Å². The van der Waals surface area contributed by atoms with Gasteiger partial charge in [0.15, 0.2) is 0 Å². The van der Waals surface area contributed by atoms with Gasteiger partial charge in [-0.3, -0.25) is 4.79 Å². The fourth-order valence-corrected chi connectivity index (χ4v) is 4.32. The van der Waals surface area contributed by atoms with Gasteiger partial charge in [0, 0.05) is 12.2 Å². The van der Waals surface area contributed by atoms with Gasteiger partial charge in [0.25, 0.3) is 0 Å². The van der Waals surface area contributed by atoms with Gasteiger partial charge < -0.3 is 4.90 Å². The number of benzene rings is 2. The zero-order valence-corrected chi connectivity index (χ0v) is 14.6. The smallest absolute Gasteiger partial charge is 0.244 e. The van der Waals surface area contributed by atoms with E-state index in [1.54, 1.807) is 4.90 Å². The van der Waals surface area contributed by atoms with Crippen LogP contribution < -0.4 is 9.62 Å². The van der Waals surface area contributed by atoms with Crippen molar-refractivity contribution in [3.05, 3.63) is 65.5 Å². The summed E-state index contributed by atoms with van der Waals surface area (Å²) in [6.07, 6.45) is 0.761. The Kier molecular flexibility index (Phi) is 4.87. The van der Waals surface area contributed by atoms with E-state index in [-0.39, 0.29) is 11.7 Å². The van der Waals surface area contributed by atoms with Crippen LogP contribution in [0.15, 0.2) is 48.5 Å². The van der Waals surface area contributed by atoms with Gasteiger partial charge in [-0.2, -0.15) is 0 Å². The molecule has 132 valence electrons. The highest BCUT2D eigenvalue weighted by molar-refractivity contribution is 7.88. The van der Waals surface area contributed by atoms with Crippen LogP contribution >= 0.6 is 0 Å². The minimum atomic E-state index is -3.72.